The molecule has 0 fully saturated rings. The van der Waals surface area contributed by atoms with Gasteiger partial charge in [0, 0.05) is 52.2 Å². The molecular formula is C25H38N4O3. The number of urea groups is 1. The first-order valence-corrected chi connectivity index (χ1v) is 11.2. The first-order chi connectivity index (χ1) is 15.3. The molecule has 0 N–H and O–H groups in total. The zero-order valence-electron chi connectivity index (χ0n) is 20.4. The average molecular weight is 443 g/mol. The molecular weight excluding hydrogens is 404 g/mol. The minimum Gasteiger partial charge on any atom is -0.383 e. The number of nitrogens with zero attached hydrogens (tertiary/aromatic N) is 4. The SMILES string of the molecule is CCC(C)N(Cc1cccn1Cc1ccccc1C)C(=O)CN(CCOC)C(=O)N(C)C. The van der Waals surface area contributed by atoms with Crippen molar-refractivity contribution >= 4 is 11.9 Å². The number of carbonyl (C=O) groups excluding carboxylic acids is 2. The van der Waals surface area contributed by atoms with Crippen LogP contribution in [0.15, 0.2) is 42.6 Å². The molecule has 0 radical (unpaired) electrons. The standard InChI is InChI=1S/C25H38N4O3/c1-7-21(3)29(24(30)19-28(15-16-32-6)25(31)26(4)5)18-23-13-10-14-27(23)17-22-12-9-8-11-20(22)2/h8-14,21H,7,15-19H2,1-6H3. The number of amides is 3. The van der Waals surface area contributed by atoms with Crippen molar-refractivity contribution in [3.63, 3.8) is 0 Å². The van der Waals surface area contributed by atoms with Crippen LogP contribution in [0.5, 0.6) is 0 Å². The molecule has 1 heterocycles. The van der Waals surface area contributed by atoms with Crippen molar-refractivity contribution in [2.75, 3.05) is 40.9 Å². The minimum atomic E-state index is -0.192. The third kappa shape index (κ3) is 6.85. The molecule has 32 heavy (non-hydrogen) atoms. The fraction of sp³-hybridized carbons (Fsp3) is 0.520. The largest absolute Gasteiger partial charge is 0.383 e. The van der Waals surface area contributed by atoms with E-state index in [0.717, 1.165) is 18.7 Å². The maximum Gasteiger partial charge on any atom is 0.320 e. The summed E-state index contributed by atoms with van der Waals surface area (Å²) in [7, 11) is 4.98. The first kappa shape index (κ1) is 25.5. The van der Waals surface area contributed by atoms with Crippen LogP contribution in [0.3, 0.4) is 0 Å². The molecule has 7 nitrogen and oxygen atoms in total. The minimum absolute atomic E-state index is 0.0310. The van der Waals surface area contributed by atoms with Crippen LogP contribution in [-0.4, -0.2) is 78.1 Å². The van der Waals surface area contributed by atoms with Crippen LogP contribution >= 0.6 is 0 Å². The van der Waals surface area contributed by atoms with Crippen molar-refractivity contribution in [3.8, 4) is 0 Å². The lowest BCUT2D eigenvalue weighted by Gasteiger charge is -2.32. The highest BCUT2D eigenvalue weighted by molar-refractivity contribution is 5.84. The van der Waals surface area contributed by atoms with Gasteiger partial charge in [0.1, 0.15) is 6.54 Å². The molecule has 2 aromatic rings. The fourth-order valence-electron chi connectivity index (χ4n) is 3.58. The van der Waals surface area contributed by atoms with Crippen molar-refractivity contribution in [2.24, 2.45) is 0 Å². The molecule has 2 rings (SSSR count). The summed E-state index contributed by atoms with van der Waals surface area (Å²) in [6, 6.07) is 12.3. The van der Waals surface area contributed by atoms with E-state index in [1.807, 2.05) is 17.0 Å². The van der Waals surface area contributed by atoms with Gasteiger partial charge in [0.25, 0.3) is 0 Å². The van der Waals surface area contributed by atoms with Crippen molar-refractivity contribution in [2.45, 2.75) is 46.3 Å². The van der Waals surface area contributed by atoms with E-state index in [1.165, 1.54) is 16.0 Å². The molecule has 0 bridgehead atoms. The van der Waals surface area contributed by atoms with Gasteiger partial charge in [0.15, 0.2) is 0 Å². The Morgan fingerprint density at radius 2 is 1.84 bits per heavy atom. The molecule has 3 amide bonds. The zero-order valence-corrected chi connectivity index (χ0v) is 20.4. The molecule has 1 aromatic heterocycles. The Labute approximate surface area is 192 Å². The highest BCUT2D eigenvalue weighted by atomic mass is 16.5. The molecule has 0 saturated heterocycles. The van der Waals surface area contributed by atoms with Gasteiger partial charge in [0.2, 0.25) is 5.91 Å². The van der Waals surface area contributed by atoms with E-state index in [0.29, 0.717) is 19.7 Å². The van der Waals surface area contributed by atoms with Gasteiger partial charge in [-0.05, 0) is 43.5 Å². The molecule has 1 aromatic carbocycles. The third-order valence-electron chi connectivity index (χ3n) is 5.85. The Morgan fingerprint density at radius 1 is 1.12 bits per heavy atom. The lowest BCUT2D eigenvalue weighted by molar-refractivity contribution is -0.134. The van der Waals surface area contributed by atoms with Crippen molar-refractivity contribution in [1.29, 1.82) is 0 Å². The van der Waals surface area contributed by atoms with E-state index in [-0.39, 0.29) is 24.5 Å². The van der Waals surface area contributed by atoms with E-state index in [9.17, 15) is 9.59 Å². The quantitative estimate of drug-likeness (QED) is 0.534. The van der Waals surface area contributed by atoms with Gasteiger partial charge in [-0.2, -0.15) is 0 Å². The smallest absolute Gasteiger partial charge is 0.320 e. The van der Waals surface area contributed by atoms with Crippen LogP contribution in [-0.2, 0) is 22.6 Å². The predicted molar refractivity (Wildman–Crippen MR) is 128 cm³/mol. The summed E-state index contributed by atoms with van der Waals surface area (Å²) in [5, 5.41) is 0. The van der Waals surface area contributed by atoms with E-state index < -0.39 is 0 Å². The maximum absolute atomic E-state index is 13.4. The van der Waals surface area contributed by atoms with Crippen LogP contribution in [0.2, 0.25) is 0 Å². The van der Waals surface area contributed by atoms with Crippen LogP contribution < -0.4 is 0 Å². The number of hydrogen-bond donors (Lipinski definition) is 0. The van der Waals surface area contributed by atoms with Gasteiger partial charge in [-0.3, -0.25) is 4.79 Å². The average Bonchev–Trinajstić information content (AvgIpc) is 3.21. The van der Waals surface area contributed by atoms with Gasteiger partial charge in [-0.1, -0.05) is 31.2 Å². The topological polar surface area (TPSA) is 58.0 Å². The molecule has 176 valence electrons. The number of benzene rings is 1. The predicted octanol–water partition coefficient (Wildman–Crippen LogP) is 3.60. The highest BCUT2D eigenvalue weighted by Crippen LogP contribution is 2.16. The number of rotatable bonds is 11. The summed E-state index contributed by atoms with van der Waals surface area (Å²) >= 11 is 0. The van der Waals surface area contributed by atoms with Gasteiger partial charge >= 0.3 is 6.03 Å². The first-order valence-electron chi connectivity index (χ1n) is 11.2. The number of aryl methyl sites for hydroxylation is 1. The van der Waals surface area contributed by atoms with Crippen LogP contribution in [0.1, 0.15) is 37.1 Å². The second-order valence-corrected chi connectivity index (χ2v) is 8.42. The highest BCUT2D eigenvalue weighted by Gasteiger charge is 2.25. The molecule has 0 aliphatic carbocycles. The molecule has 0 spiro atoms. The number of aromatic nitrogens is 1. The molecule has 1 unspecified atom stereocenters. The molecule has 0 aliphatic heterocycles. The van der Waals surface area contributed by atoms with E-state index in [2.05, 4.69) is 55.8 Å². The molecule has 7 heteroatoms. The lowest BCUT2D eigenvalue weighted by atomic mass is 10.1. The van der Waals surface area contributed by atoms with Crippen LogP contribution in [0, 0.1) is 6.92 Å². The van der Waals surface area contributed by atoms with Crippen LogP contribution in [0.4, 0.5) is 4.79 Å². The second-order valence-electron chi connectivity index (χ2n) is 8.42. The number of methoxy groups -OCH3 is 1. The monoisotopic (exact) mass is 442 g/mol. The summed E-state index contributed by atoms with van der Waals surface area (Å²) < 4.78 is 7.33. The number of carbonyl (C=O) groups is 2. The van der Waals surface area contributed by atoms with Crippen molar-refractivity contribution < 1.29 is 14.3 Å². The summed E-state index contributed by atoms with van der Waals surface area (Å²) in [4.78, 5) is 30.9. The second kappa shape index (κ2) is 12.3. The van der Waals surface area contributed by atoms with E-state index in [4.69, 9.17) is 4.74 Å². The zero-order chi connectivity index (χ0) is 23.7. The van der Waals surface area contributed by atoms with E-state index >= 15 is 0 Å². The van der Waals surface area contributed by atoms with Gasteiger partial charge < -0.3 is 24.0 Å². The molecule has 1 atom stereocenters. The van der Waals surface area contributed by atoms with Crippen LogP contribution in [0.25, 0.3) is 0 Å². The Bertz CT molecular complexity index is 878. The third-order valence-corrected chi connectivity index (χ3v) is 5.85. The summed E-state index contributed by atoms with van der Waals surface area (Å²) in [5.74, 6) is -0.0608. The Balaban J connectivity index is 2.20. The Kier molecular flexibility index (Phi) is 9.78. The normalized spacial score (nSPS) is 11.8. The fourth-order valence-corrected chi connectivity index (χ4v) is 3.58. The summed E-state index contributed by atoms with van der Waals surface area (Å²) in [6.07, 6.45) is 2.89. The van der Waals surface area contributed by atoms with Gasteiger partial charge in [-0.15, -0.1) is 0 Å². The summed E-state index contributed by atoms with van der Waals surface area (Å²) in [5.41, 5.74) is 3.58. The van der Waals surface area contributed by atoms with Gasteiger partial charge in [-0.25, -0.2) is 4.79 Å². The number of hydrogen-bond acceptors (Lipinski definition) is 3. The van der Waals surface area contributed by atoms with Gasteiger partial charge in [0.05, 0.1) is 13.2 Å². The number of ether oxygens (including phenoxy) is 1. The molecule has 0 saturated carbocycles. The maximum atomic E-state index is 13.4. The lowest BCUT2D eigenvalue weighted by Crippen LogP contribution is -2.49. The van der Waals surface area contributed by atoms with Crippen molar-refractivity contribution in [1.82, 2.24) is 19.3 Å². The van der Waals surface area contributed by atoms with Crippen molar-refractivity contribution in [3.05, 3.63) is 59.4 Å². The Hall–Kier alpha value is -2.80. The Morgan fingerprint density at radius 3 is 2.47 bits per heavy atom. The van der Waals surface area contributed by atoms with E-state index in [1.54, 1.807) is 26.1 Å². The summed E-state index contributed by atoms with van der Waals surface area (Å²) in [6.45, 7) is 8.29. The molecule has 0 aliphatic rings.